The van der Waals surface area contributed by atoms with Gasteiger partial charge in [0.15, 0.2) is 0 Å². The highest BCUT2D eigenvalue weighted by Gasteiger charge is 2.20. The number of halogens is 1. The van der Waals surface area contributed by atoms with Crippen molar-refractivity contribution in [3.63, 3.8) is 0 Å². The van der Waals surface area contributed by atoms with Crippen LogP contribution in [-0.4, -0.2) is 23.0 Å². The summed E-state index contributed by atoms with van der Waals surface area (Å²) in [6.07, 6.45) is 0.963. The van der Waals surface area contributed by atoms with E-state index in [1.165, 1.54) is 11.3 Å². The van der Waals surface area contributed by atoms with E-state index in [4.69, 9.17) is 16.7 Å². The molecule has 0 aliphatic heterocycles. The van der Waals surface area contributed by atoms with E-state index in [2.05, 4.69) is 5.32 Å². The van der Waals surface area contributed by atoms with Gasteiger partial charge < -0.3 is 10.4 Å². The van der Waals surface area contributed by atoms with Crippen LogP contribution in [0.5, 0.6) is 0 Å². The molecule has 18 heavy (non-hydrogen) atoms. The number of rotatable bonds is 6. The van der Waals surface area contributed by atoms with Crippen LogP contribution in [0.4, 0.5) is 0 Å². The molecule has 1 amide bonds. The molecule has 0 bridgehead atoms. The first-order valence-corrected chi connectivity index (χ1v) is 6.86. The molecule has 0 aliphatic carbocycles. The van der Waals surface area contributed by atoms with E-state index in [9.17, 15) is 9.59 Å². The van der Waals surface area contributed by atoms with Gasteiger partial charge in [0.2, 0.25) is 5.91 Å². The average molecular weight is 290 g/mol. The smallest absolute Gasteiger partial charge is 0.308 e. The largest absolute Gasteiger partial charge is 0.481 e. The maximum Gasteiger partial charge on any atom is 0.308 e. The van der Waals surface area contributed by atoms with Gasteiger partial charge in [0.25, 0.3) is 0 Å². The van der Waals surface area contributed by atoms with E-state index in [0.717, 1.165) is 4.88 Å². The van der Waals surface area contributed by atoms with Crippen LogP contribution in [0.1, 0.15) is 25.1 Å². The predicted molar refractivity (Wildman–Crippen MR) is 72.1 cm³/mol. The van der Waals surface area contributed by atoms with E-state index in [-0.39, 0.29) is 11.9 Å². The van der Waals surface area contributed by atoms with E-state index >= 15 is 0 Å². The second-order valence-electron chi connectivity index (χ2n) is 4.19. The molecular weight excluding hydrogens is 274 g/mol. The number of carboxylic acid groups (broad SMARTS) is 1. The topological polar surface area (TPSA) is 66.4 Å². The summed E-state index contributed by atoms with van der Waals surface area (Å²) in [6.45, 7) is 3.27. The van der Waals surface area contributed by atoms with Crippen molar-refractivity contribution in [3.05, 3.63) is 21.3 Å². The molecule has 0 fully saturated rings. The van der Waals surface area contributed by atoms with Crippen LogP contribution in [-0.2, 0) is 16.0 Å². The Morgan fingerprint density at radius 2 is 2.11 bits per heavy atom. The Morgan fingerprint density at radius 3 is 2.61 bits per heavy atom. The highest BCUT2D eigenvalue weighted by molar-refractivity contribution is 7.16. The second kappa shape index (κ2) is 6.75. The van der Waals surface area contributed by atoms with Crippen molar-refractivity contribution >= 4 is 34.8 Å². The molecule has 2 atom stereocenters. The minimum absolute atomic E-state index is 0.139. The number of aryl methyl sites for hydroxylation is 1. The average Bonchev–Trinajstić information content (AvgIpc) is 2.71. The lowest BCUT2D eigenvalue weighted by Crippen LogP contribution is -2.40. The van der Waals surface area contributed by atoms with Crippen LogP contribution in [0.3, 0.4) is 0 Å². The first-order valence-electron chi connectivity index (χ1n) is 5.66. The summed E-state index contributed by atoms with van der Waals surface area (Å²) in [6, 6.07) is 3.32. The molecule has 0 saturated heterocycles. The molecule has 2 N–H and O–H groups in total. The highest BCUT2D eigenvalue weighted by Crippen LogP contribution is 2.22. The zero-order chi connectivity index (χ0) is 13.7. The summed E-state index contributed by atoms with van der Waals surface area (Å²) < 4.78 is 0.707. The molecular formula is C12H16ClNO3S. The Hall–Kier alpha value is -1.07. The number of aliphatic carboxylic acids is 1. The molecule has 1 aromatic rings. The zero-order valence-corrected chi connectivity index (χ0v) is 11.8. The maximum atomic E-state index is 11.6. The van der Waals surface area contributed by atoms with Gasteiger partial charge in [-0.15, -0.1) is 11.3 Å². The Morgan fingerprint density at radius 1 is 1.44 bits per heavy atom. The van der Waals surface area contributed by atoms with Crippen LogP contribution < -0.4 is 5.32 Å². The van der Waals surface area contributed by atoms with E-state index in [0.29, 0.717) is 17.2 Å². The van der Waals surface area contributed by atoms with E-state index in [1.807, 2.05) is 6.07 Å². The highest BCUT2D eigenvalue weighted by atomic mass is 35.5. The number of hydrogen-bond acceptors (Lipinski definition) is 3. The summed E-state index contributed by atoms with van der Waals surface area (Å²) in [5.41, 5.74) is 0. The molecule has 1 heterocycles. The van der Waals surface area contributed by atoms with Crippen LogP contribution in [0.25, 0.3) is 0 Å². The Balaban J connectivity index is 2.35. The first kappa shape index (κ1) is 15.0. The lowest BCUT2D eigenvalue weighted by atomic mass is 10.0. The zero-order valence-electron chi connectivity index (χ0n) is 10.3. The molecule has 1 rings (SSSR count). The van der Waals surface area contributed by atoms with E-state index in [1.54, 1.807) is 19.9 Å². The third-order valence-electron chi connectivity index (χ3n) is 2.76. The quantitative estimate of drug-likeness (QED) is 0.846. The van der Waals surface area contributed by atoms with Gasteiger partial charge in [0, 0.05) is 17.3 Å². The Kier molecular flexibility index (Phi) is 5.62. The van der Waals surface area contributed by atoms with Gasteiger partial charge in [-0.25, -0.2) is 0 Å². The Labute approximate surface area is 115 Å². The van der Waals surface area contributed by atoms with Crippen molar-refractivity contribution in [2.24, 2.45) is 5.92 Å². The standard InChI is InChI=1S/C12H16ClNO3S/c1-7(12(16)17)8(2)14-11(15)6-4-9-3-5-10(13)18-9/h3,5,7-8H,4,6H2,1-2H3,(H,14,15)(H,16,17). The van der Waals surface area contributed by atoms with Crippen molar-refractivity contribution in [3.8, 4) is 0 Å². The minimum atomic E-state index is -0.909. The van der Waals surface area contributed by atoms with Crippen LogP contribution >= 0.6 is 22.9 Å². The first-order chi connectivity index (χ1) is 8.40. The fourth-order valence-electron chi connectivity index (χ4n) is 1.39. The van der Waals surface area contributed by atoms with Crippen LogP contribution in [0.15, 0.2) is 12.1 Å². The number of carboxylic acids is 1. The van der Waals surface area contributed by atoms with Gasteiger partial charge in [0.1, 0.15) is 0 Å². The van der Waals surface area contributed by atoms with Gasteiger partial charge >= 0.3 is 5.97 Å². The van der Waals surface area contributed by atoms with Crippen molar-refractivity contribution in [2.45, 2.75) is 32.7 Å². The van der Waals surface area contributed by atoms with Crippen molar-refractivity contribution in [2.75, 3.05) is 0 Å². The molecule has 100 valence electrons. The summed E-state index contributed by atoms with van der Waals surface area (Å²) in [7, 11) is 0. The van der Waals surface area contributed by atoms with Crippen LogP contribution in [0.2, 0.25) is 4.34 Å². The van der Waals surface area contributed by atoms with Crippen LogP contribution in [0, 0.1) is 5.92 Å². The lowest BCUT2D eigenvalue weighted by Gasteiger charge is -2.17. The van der Waals surface area contributed by atoms with Crippen molar-refractivity contribution in [1.29, 1.82) is 0 Å². The Bertz CT molecular complexity index is 433. The fourth-order valence-corrected chi connectivity index (χ4v) is 2.47. The summed E-state index contributed by atoms with van der Waals surface area (Å²) in [5, 5.41) is 11.5. The van der Waals surface area contributed by atoms with Gasteiger partial charge in [-0.3, -0.25) is 9.59 Å². The number of amides is 1. The number of carbonyl (C=O) groups excluding carboxylic acids is 1. The number of hydrogen-bond donors (Lipinski definition) is 2. The number of nitrogens with one attached hydrogen (secondary N) is 1. The molecule has 1 aromatic heterocycles. The molecule has 0 radical (unpaired) electrons. The summed E-state index contributed by atoms with van der Waals surface area (Å²) >= 11 is 7.24. The third-order valence-corrected chi connectivity index (χ3v) is 4.05. The van der Waals surface area contributed by atoms with Crippen molar-refractivity contribution < 1.29 is 14.7 Å². The van der Waals surface area contributed by atoms with Gasteiger partial charge in [-0.05, 0) is 32.4 Å². The number of carbonyl (C=O) groups is 2. The molecule has 0 aliphatic rings. The lowest BCUT2D eigenvalue weighted by molar-refractivity contribution is -0.142. The fraction of sp³-hybridized carbons (Fsp3) is 0.500. The second-order valence-corrected chi connectivity index (χ2v) is 5.99. The normalized spacial score (nSPS) is 13.9. The summed E-state index contributed by atoms with van der Waals surface area (Å²) in [4.78, 5) is 23.4. The molecule has 6 heteroatoms. The molecule has 0 saturated carbocycles. The summed E-state index contributed by atoms with van der Waals surface area (Å²) in [5.74, 6) is -1.64. The minimum Gasteiger partial charge on any atom is -0.481 e. The van der Waals surface area contributed by atoms with Crippen molar-refractivity contribution in [1.82, 2.24) is 5.32 Å². The van der Waals surface area contributed by atoms with Gasteiger partial charge in [0.05, 0.1) is 10.3 Å². The SMILES string of the molecule is CC(NC(=O)CCc1ccc(Cl)s1)C(C)C(=O)O. The molecule has 2 unspecified atom stereocenters. The monoisotopic (exact) mass is 289 g/mol. The predicted octanol–water partition coefficient (Wildman–Crippen LogP) is 2.56. The molecule has 0 aromatic carbocycles. The molecule has 0 spiro atoms. The van der Waals surface area contributed by atoms with Gasteiger partial charge in [-0.2, -0.15) is 0 Å². The number of thiophene rings is 1. The third kappa shape index (κ3) is 4.66. The maximum absolute atomic E-state index is 11.6. The van der Waals surface area contributed by atoms with E-state index < -0.39 is 11.9 Å². The van der Waals surface area contributed by atoms with Gasteiger partial charge in [-0.1, -0.05) is 11.6 Å². The molecule has 4 nitrogen and oxygen atoms in total.